The molecule has 1 aromatic rings. The van der Waals surface area contributed by atoms with Crippen molar-refractivity contribution in [3.05, 3.63) is 34.4 Å². The fourth-order valence-corrected chi connectivity index (χ4v) is 2.49. The van der Waals surface area contributed by atoms with Gasteiger partial charge in [0, 0.05) is 0 Å². The second-order valence-corrected chi connectivity index (χ2v) is 4.75. The summed E-state index contributed by atoms with van der Waals surface area (Å²) in [6, 6.07) is 3.27. The Labute approximate surface area is 154 Å². The number of carbonyl (C=O) groups excluding carboxylic acids is 4. The number of nitrogens with zero attached hydrogens (tertiary/aromatic N) is 1. The summed E-state index contributed by atoms with van der Waals surface area (Å²) >= 11 is 0. The Morgan fingerprint density at radius 3 is 2.30 bits per heavy atom. The van der Waals surface area contributed by atoms with Gasteiger partial charge in [-0.1, -0.05) is 25.0 Å². The van der Waals surface area contributed by atoms with Gasteiger partial charge in [-0.25, -0.2) is 4.79 Å². The van der Waals surface area contributed by atoms with Gasteiger partial charge in [0.2, 0.25) is 0 Å². The number of hydrogen-bond donors (Lipinski definition) is 0. The number of aryl methyl sites for hydroxylation is 1. The molecule has 0 N–H and O–H groups in total. The van der Waals surface area contributed by atoms with Gasteiger partial charge in [-0.15, -0.1) is 0 Å². The van der Waals surface area contributed by atoms with Gasteiger partial charge < -0.3 is 14.7 Å². The Bertz CT molecular complexity index is 685. The average molecular weight is 327 g/mol. The number of imide groups is 1. The number of rotatable bonds is 5. The third kappa shape index (κ3) is 3.63. The Balaban J connectivity index is 0.00000264. The summed E-state index contributed by atoms with van der Waals surface area (Å²) in [6.07, 6.45) is 0.211. The first kappa shape index (κ1) is 19.3. The number of hydrogen-bond acceptors (Lipinski definition) is 6. The maximum atomic E-state index is 12.3. The van der Waals surface area contributed by atoms with Crippen molar-refractivity contribution in [1.82, 2.24) is 5.06 Å². The molecule has 1 heterocycles. The van der Waals surface area contributed by atoms with Crippen LogP contribution in [0.25, 0.3) is 0 Å². The predicted molar refractivity (Wildman–Crippen MR) is 71.4 cm³/mol. The zero-order valence-electron chi connectivity index (χ0n) is 13.2. The first-order chi connectivity index (χ1) is 10.4. The van der Waals surface area contributed by atoms with Crippen LogP contribution in [0.5, 0.6) is 0 Å². The number of fused-ring (bicyclic) bond motifs is 1. The van der Waals surface area contributed by atoms with Crippen molar-refractivity contribution in [3.8, 4) is 0 Å². The topological polar surface area (TPSA) is 104 Å². The third-order valence-electron chi connectivity index (χ3n) is 3.44. The fourth-order valence-electron chi connectivity index (χ4n) is 2.49. The van der Waals surface area contributed by atoms with Crippen molar-refractivity contribution in [3.63, 3.8) is 0 Å². The largest absolute Gasteiger partial charge is 1.00 e. The van der Waals surface area contributed by atoms with E-state index in [2.05, 4.69) is 4.84 Å². The molecular weight excluding hydrogens is 313 g/mol. The van der Waals surface area contributed by atoms with Crippen LogP contribution in [-0.2, 0) is 27.3 Å². The van der Waals surface area contributed by atoms with E-state index < -0.39 is 30.2 Å². The average Bonchev–Trinajstić information content (AvgIpc) is 2.70. The Morgan fingerprint density at radius 1 is 1.13 bits per heavy atom. The molecule has 0 spiro atoms. The number of aliphatic carboxylic acids is 1. The molecule has 1 aliphatic heterocycles. The molecule has 0 atom stereocenters. The molecule has 116 valence electrons. The normalized spacial score (nSPS) is 12.7. The van der Waals surface area contributed by atoms with E-state index in [-0.39, 0.29) is 40.7 Å². The summed E-state index contributed by atoms with van der Waals surface area (Å²) in [5.41, 5.74) is 2.04. The maximum Gasteiger partial charge on any atom is 1.00 e. The molecule has 0 saturated carbocycles. The van der Waals surface area contributed by atoms with Crippen LogP contribution in [0.2, 0.25) is 0 Å². The van der Waals surface area contributed by atoms with E-state index in [9.17, 15) is 24.3 Å². The molecule has 0 bridgehead atoms. The minimum atomic E-state index is -1.65. The summed E-state index contributed by atoms with van der Waals surface area (Å²) < 4.78 is 0. The minimum absolute atomic E-state index is 0. The smallest absolute Gasteiger partial charge is 0.550 e. The molecule has 0 fully saturated rings. The van der Waals surface area contributed by atoms with Gasteiger partial charge in [0.05, 0.1) is 23.5 Å². The van der Waals surface area contributed by atoms with E-state index in [0.29, 0.717) is 17.9 Å². The number of carboxylic acids is 1. The van der Waals surface area contributed by atoms with Crippen molar-refractivity contribution < 1.29 is 58.7 Å². The molecule has 23 heavy (non-hydrogen) atoms. The second kappa shape index (κ2) is 7.72. The number of carbonyl (C=O) groups is 4. The monoisotopic (exact) mass is 327 g/mol. The molecule has 8 heteroatoms. The van der Waals surface area contributed by atoms with Crippen LogP contribution in [0.15, 0.2) is 12.1 Å². The quantitative estimate of drug-likeness (QED) is 0.325. The Morgan fingerprint density at radius 2 is 1.78 bits per heavy atom. The van der Waals surface area contributed by atoms with E-state index in [0.717, 1.165) is 11.1 Å². The van der Waals surface area contributed by atoms with E-state index in [1.807, 2.05) is 13.8 Å². The van der Waals surface area contributed by atoms with Crippen LogP contribution in [0, 0.1) is 0 Å². The molecule has 0 unspecified atom stereocenters. The summed E-state index contributed by atoms with van der Waals surface area (Å²) in [5.74, 6) is -4.41. The third-order valence-corrected chi connectivity index (χ3v) is 3.44. The first-order valence-electron chi connectivity index (χ1n) is 6.84. The van der Waals surface area contributed by atoms with Crippen LogP contribution in [0.4, 0.5) is 0 Å². The van der Waals surface area contributed by atoms with E-state index >= 15 is 0 Å². The molecule has 2 amide bonds. The van der Waals surface area contributed by atoms with E-state index in [4.69, 9.17) is 0 Å². The van der Waals surface area contributed by atoms with Gasteiger partial charge >= 0.3 is 35.5 Å². The van der Waals surface area contributed by atoms with Gasteiger partial charge in [0.15, 0.2) is 0 Å². The van der Waals surface area contributed by atoms with Crippen LogP contribution in [-0.4, -0.2) is 28.8 Å². The Hall–Kier alpha value is -1.70. The van der Waals surface area contributed by atoms with Crippen molar-refractivity contribution in [2.75, 3.05) is 0 Å². The summed E-state index contributed by atoms with van der Waals surface area (Å²) in [7, 11) is 0. The minimum Gasteiger partial charge on any atom is -0.550 e. The number of carboxylic acid groups (broad SMARTS) is 1. The van der Waals surface area contributed by atoms with Gasteiger partial charge in [-0.2, -0.15) is 0 Å². The SMILES string of the molecule is CCc1ccc2c(c1CC)C(=O)N(OC(=O)CC(=O)[O-])C2=O.[Na+]. The van der Waals surface area contributed by atoms with Crippen LogP contribution < -0.4 is 34.7 Å². The zero-order valence-corrected chi connectivity index (χ0v) is 15.2. The van der Waals surface area contributed by atoms with E-state index in [1.54, 1.807) is 6.07 Å². The van der Waals surface area contributed by atoms with Crippen molar-refractivity contribution in [2.24, 2.45) is 0 Å². The van der Waals surface area contributed by atoms with Crippen molar-refractivity contribution in [2.45, 2.75) is 33.1 Å². The fraction of sp³-hybridized carbons (Fsp3) is 0.333. The summed E-state index contributed by atoms with van der Waals surface area (Å²) in [6.45, 7) is 3.79. The molecule has 2 rings (SSSR count). The first-order valence-corrected chi connectivity index (χ1v) is 6.84. The summed E-state index contributed by atoms with van der Waals surface area (Å²) in [5, 5.41) is 10.7. The second-order valence-electron chi connectivity index (χ2n) is 4.75. The van der Waals surface area contributed by atoms with Crippen LogP contribution >= 0.6 is 0 Å². The molecule has 7 nitrogen and oxygen atoms in total. The molecule has 0 saturated heterocycles. The molecular formula is C15H14NNaO6. The standard InChI is InChI=1S/C15H15NO6.Na/c1-3-8-5-6-10-13(9(8)4-2)15(21)16(14(10)20)22-12(19)7-11(17)18;/h5-6H,3-4,7H2,1-2H3,(H,17,18);/q;+1/p-1. The van der Waals surface area contributed by atoms with Gasteiger partial charge in [0.1, 0.15) is 0 Å². The molecule has 1 aromatic carbocycles. The van der Waals surface area contributed by atoms with E-state index in [1.165, 1.54) is 6.07 Å². The molecule has 0 aromatic heterocycles. The summed E-state index contributed by atoms with van der Waals surface area (Å²) in [4.78, 5) is 50.8. The molecule has 1 aliphatic rings. The van der Waals surface area contributed by atoms with Gasteiger partial charge in [0.25, 0.3) is 11.8 Å². The van der Waals surface area contributed by atoms with Gasteiger partial charge in [-0.3, -0.25) is 9.59 Å². The van der Waals surface area contributed by atoms with Crippen molar-refractivity contribution in [1.29, 1.82) is 0 Å². The van der Waals surface area contributed by atoms with Crippen LogP contribution in [0.1, 0.15) is 52.1 Å². The molecule has 0 radical (unpaired) electrons. The number of hydroxylamine groups is 2. The predicted octanol–water partition coefficient (Wildman–Crippen LogP) is -2.99. The van der Waals surface area contributed by atoms with Gasteiger partial charge in [-0.05, 0) is 30.0 Å². The number of amides is 2. The maximum absolute atomic E-state index is 12.3. The Kier molecular flexibility index (Phi) is 6.49. The number of benzene rings is 1. The zero-order chi connectivity index (χ0) is 16.4. The van der Waals surface area contributed by atoms with Crippen molar-refractivity contribution >= 4 is 23.8 Å². The van der Waals surface area contributed by atoms with Crippen LogP contribution in [0.3, 0.4) is 0 Å². The molecule has 0 aliphatic carbocycles.